The first-order valence-electron chi connectivity index (χ1n) is 10.8. The molecule has 5 rings (SSSR count). The Labute approximate surface area is 193 Å². The molecule has 0 saturated heterocycles. The molecule has 4 heterocycles. The Hall–Kier alpha value is -3.03. The molecule has 0 bridgehead atoms. The van der Waals surface area contributed by atoms with Crippen LogP contribution < -0.4 is 15.0 Å². The van der Waals surface area contributed by atoms with Crippen LogP contribution in [-0.2, 0) is 13.0 Å². The lowest BCUT2D eigenvalue weighted by molar-refractivity contribution is 0.358. The van der Waals surface area contributed by atoms with Gasteiger partial charge in [-0.3, -0.25) is 4.98 Å². The Bertz CT molecular complexity index is 1120. The summed E-state index contributed by atoms with van der Waals surface area (Å²) in [4.78, 5) is 13.4. The van der Waals surface area contributed by atoms with E-state index in [9.17, 15) is 0 Å². The lowest BCUT2D eigenvalue weighted by atomic mass is 10.0. The molecule has 2 aliphatic rings. The van der Waals surface area contributed by atoms with E-state index in [1.165, 1.54) is 11.3 Å². The highest BCUT2D eigenvalue weighted by atomic mass is 32.2. The van der Waals surface area contributed by atoms with E-state index in [-0.39, 0.29) is 0 Å². The van der Waals surface area contributed by atoms with Crippen LogP contribution in [0.3, 0.4) is 0 Å². The van der Waals surface area contributed by atoms with Crippen molar-refractivity contribution in [1.29, 1.82) is 0 Å². The van der Waals surface area contributed by atoms with Gasteiger partial charge >= 0.3 is 0 Å². The quantitative estimate of drug-likeness (QED) is 0.570. The van der Waals surface area contributed by atoms with Crippen LogP contribution in [0.25, 0.3) is 11.1 Å². The molecule has 2 aromatic heterocycles. The molecule has 6 nitrogen and oxygen atoms in total. The van der Waals surface area contributed by atoms with E-state index >= 15 is 0 Å². The molecule has 0 amide bonds. The highest BCUT2D eigenvalue weighted by molar-refractivity contribution is 8.03. The molecule has 1 aromatic carbocycles. The lowest BCUT2D eigenvalue weighted by Crippen LogP contribution is -2.34. The molecule has 0 aliphatic carbocycles. The minimum absolute atomic E-state index is 0.399. The number of hydrogen-bond acceptors (Lipinski definition) is 7. The first-order valence-corrected chi connectivity index (χ1v) is 11.8. The maximum absolute atomic E-state index is 5.99. The number of anilines is 2. The van der Waals surface area contributed by atoms with Gasteiger partial charge in [0.15, 0.2) is 0 Å². The summed E-state index contributed by atoms with van der Waals surface area (Å²) in [7, 11) is 4.24. The van der Waals surface area contributed by atoms with Crippen molar-refractivity contribution in [1.82, 2.24) is 14.9 Å². The molecule has 2 aliphatic heterocycles. The fourth-order valence-corrected chi connectivity index (χ4v) is 5.23. The van der Waals surface area contributed by atoms with Crippen molar-refractivity contribution in [3.8, 4) is 16.9 Å². The predicted molar refractivity (Wildman–Crippen MR) is 132 cm³/mol. The zero-order valence-corrected chi connectivity index (χ0v) is 19.2. The highest BCUT2D eigenvalue weighted by Crippen LogP contribution is 2.39. The van der Waals surface area contributed by atoms with Gasteiger partial charge in [-0.15, -0.1) is 11.8 Å². The second-order valence-corrected chi connectivity index (χ2v) is 9.32. The van der Waals surface area contributed by atoms with Gasteiger partial charge in [-0.25, -0.2) is 4.98 Å². The summed E-state index contributed by atoms with van der Waals surface area (Å²) in [5.74, 6) is 1.84. The van der Waals surface area contributed by atoms with Crippen LogP contribution in [0, 0.1) is 0 Å². The van der Waals surface area contributed by atoms with Crippen molar-refractivity contribution in [2.75, 3.05) is 37.5 Å². The fraction of sp³-hybridized carbons (Fsp3) is 0.280. The van der Waals surface area contributed by atoms with E-state index < -0.39 is 0 Å². The molecular formula is C25H27N5OS. The third kappa shape index (κ3) is 4.31. The summed E-state index contributed by atoms with van der Waals surface area (Å²) in [6.45, 7) is 2.40. The van der Waals surface area contributed by atoms with Gasteiger partial charge in [0.05, 0.1) is 12.0 Å². The maximum Gasteiger partial charge on any atom is 0.135 e. The summed E-state index contributed by atoms with van der Waals surface area (Å²) in [6, 6.07) is 12.7. The predicted octanol–water partition coefficient (Wildman–Crippen LogP) is 4.60. The zero-order chi connectivity index (χ0) is 21.9. The van der Waals surface area contributed by atoms with Gasteiger partial charge in [-0.1, -0.05) is 12.1 Å². The SMILES string of the molecule is CN(C)CC1SC=CN1c1cccc(CNc2ncc(-c3ccncc3)c3c2CCO3)c1. The average molecular weight is 446 g/mol. The van der Waals surface area contributed by atoms with Gasteiger partial charge in [0.1, 0.15) is 11.6 Å². The minimum Gasteiger partial charge on any atom is -0.492 e. The first-order chi connectivity index (χ1) is 15.7. The number of benzene rings is 1. The van der Waals surface area contributed by atoms with Gasteiger partial charge < -0.3 is 19.9 Å². The summed E-state index contributed by atoms with van der Waals surface area (Å²) >= 11 is 1.86. The van der Waals surface area contributed by atoms with E-state index in [4.69, 9.17) is 9.72 Å². The number of nitrogens with zero attached hydrogens (tertiary/aromatic N) is 4. The van der Waals surface area contributed by atoms with Crippen molar-refractivity contribution >= 4 is 23.3 Å². The molecule has 0 spiro atoms. The van der Waals surface area contributed by atoms with E-state index in [2.05, 4.69) is 70.1 Å². The fourth-order valence-electron chi connectivity index (χ4n) is 4.14. The number of ether oxygens (including phenoxy) is 1. The first kappa shape index (κ1) is 20.8. The van der Waals surface area contributed by atoms with E-state index in [0.29, 0.717) is 18.5 Å². The third-order valence-corrected chi connectivity index (χ3v) is 6.64. The molecular weight excluding hydrogens is 418 g/mol. The van der Waals surface area contributed by atoms with Crippen LogP contribution in [0.15, 0.2) is 66.6 Å². The minimum atomic E-state index is 0.399. The Balaban J connectivity index is 1.33. The van der Waals surface area contributed by atoms with Gasteiger partial charge in [0, 0.05) is 61.1 Å². The third-order valence-electron chi connectivity index (χ3n) is 5.67. The maximum atomic E-state index is 5.99. The summed E-state index contributed by atoms with van der Waals surface area (Å²) in [5, 5.41) is 6.12. The number of hydrogen-bond donors (Lipinski definition) is 1. The van der Waals surface area contributed by atoms with Crippen LogP contribution >= 0.6 is 11.8 Å². The normalized spacial score (nSPS) is 17.0. The summed E-state index contributed by atoms with van der Waals surface area (Å²) in [6.07, 6.45) is 8.54. The molecule has 1 unspecified atom stereocenters. The number of nitrogens with one attached hydrogen (secondary N) is 1. The van der Waals surface area contributed by atoms with Gasteiger partial charge in [-0.2, -0.15) is 0 Å². The number of pyridine rings is 2. The number of fused-ring (bicyclic) bond motifs is 1. The van der Waals surface area contributed by atoms with Crippen LogP contribution in [0.4, 0.5) is 11.5 Å². The molecule has 0 fully saturated rings. The van der Waals surface area contributed by atoms with E-state index in [1.54, 1.807) is 12.4 Å². The standard InChI is InChI=1S/C25H27N5OS/c1-29(2)17-23-30(11-13-32-23)20-5-3-4-18(14-20)15-27-25-21-8-12-31-24(21)22(16-28-25)19-6-9-26-10-7-19/h3-7,9-11,13-14,16,23H,8,12,15,17H2,1-2H3,(H,27,28). The molecule has 0 saturated carbocycles. The average Bonchev–Trinajstić information content (AvgIpc) is 3.48. The van der Waals surface area contributed by atoms with Crippen LogP contribution in [0.2, 0.25) is 0 Å². The van der Waals surface area contributed by atoms with E-state index in [1.807, 2.05) is 30.1 Å². The molecule has 3 aromatic rings. The molecule has 1 N–H and O–H groups in total. The Morgan fingerprint density at radius 2 is 2.09 bits per heavy atom. The number of thioether (sulfide) groups is 1. The van der Waals surface area contributed by atoms with Crippen LogP contribution in [0.5, 0.6) is 5.75 Å². The molecule has 1 atom stereocenters. The summed E-state index contributed by atoms with van der Waals surface area (Å²) < 4.78 is 5.99. The lowest BCUT2D eigenvalue weighted by Gasteiger charge is -2.27. The monoisotopic (exact) mass is 445 g/mol. The zero-order valence-electron chi connectivity index (χ0n) is 18.4. The van der Waals surface area contributed by atoms with Gasteiger partial charge in [0.2, 0.25) is 0 Å². The Morgan fingerprint density at radius 1 is 1.22 bits per heavy atom. The van der Waals surface area contributed by atoms with Crippen molar-refractivity contribution in [3.05, 3.63) is 77.7 Å². The van der Waals surface area contributed by atoms with Gasteiger partial charge in [0.25, 0.3) is 0 Å². The Kier molecular flexibility index (Phi) is 6.01. The number of rotatable bonds is 7. The van der Waals surface area contributed by atoms with Crippen molar-refractivity contribution < 1.29 is 4.74 Å². The van der Waals surface area contributed by atoms with Crippen LogP contribution in [-0.4, -0.2) is 47.5 Å². The second-order valence-electron chi connectivity index (χ2n) is 8.23. The topological polar surface area (TPSA) is 53.5 Å². The molecule has 32 heavy (non-hydrogen) atoms. The molecule has 7 heteroatoms. The van der Waals surface area contributed by atoms with E-state index in [0.717, 1.165) is 41.2 Å². The van der Waals surface area contributed by atoms with Crippen molar-refractivity contribution in [2.45, 2.75) is 18.3 Å². The highest BCUT2D eigenvalue weighted by Gasteiger charge is 2.23. The number of aromatic nitrogens is 2. The van der Waals surface area contributed by atoms with Crippen molar-refractivity contribution in [3.63, 3.8) is 0 Å². The second kappa shape index (κ2) is 9.22. The van der Waals surface area contributed by atoms with Crippen LogP contribution in [0.1, 0.15) is 11.1 Å². The largest absolute Gasteiger partial charge is 0.492 e. The van der Waals surface area contributed by atoms with Crippen molar-refractivity contribution in [2.24, 2.45) is 0 Å². The van der Waals surface area contributed by atoms with Gasteiger partial charge in [-0.05, 0) is 54.9 Å². The molecule has 0 radical (unpaired) electrons. The number of likely N-dealkylation sites (N-methyl/N-ethyl adjacent to an activating group) is 1. The summed E-state index contributed by atoms with van der Waals surface area (Å²) in [5.41, 5.74) is 5.70. The molecule has 164 valence electrons. The smallest absolute Gasteiger partial charge is 0.135 e. The Morgan fingerprint density at radius 3 is 2.94 bits per heavy atom.